The molecule has 0 amide bonds. The number of nitrogens with one attached hydrogen (secondary N) is 1. The molecule has 100 valence electrons. The van der Waals surface area contributed by atoms with Gasteiger partial charge in [-0.1, -0.05) is 11.6 Å². The lowest BCUT2D eigenvalue weighted by atomic mass is 10.1. The van der Waals surface area contributed by atoms with Gasteiger partial charge in [0.15, 0.2) is 5.15 Å². The summed E-state index contributed by atoms with van der Waals surface area (Å²) in [5.41, 5.74) is 0.960. The molecule has 0 bridgehead atoms. The molecule has 1 N–H and O–H groups in total. The highest BCUT2D eigenvalue weighted by molar-refractivity contribution is 6.31. The number of hydrogen-bond donors (Lipinski definition) is 1. The van der Waals surface area contributed by atoms with Crippen LogP contribution in [0.5, 0.6) is 0 Å². The van der Waals surface area contributed by atoms with Crippen LogP contribution in [-0.4, -0.2) is 35.1 Å². The molecule has 1 atom stereocenters. The van der Waals surface area contributed by atoms with Crippen LogP contribution < -0.4 is 5.32 Å². The number of halogens is 1. The van der Waals surface area contributed by atoms with Crippen molar-refractivity contribution >= 4 is 17.3 Å². The highest BCUT2D eigenvalue weighted by Crippen LogP contribution is 2.22. The first-order valence-corrected chi connectivity index (χ1v) is 7.15. The van der Waals surface area contributed by atoms with Gasteiger partial charge in [0.25, 0.3) is 0 Å². The van der Waals surface area contributed by atoms with Crippen molar-refractivity contribution < 1.29 is 0 Å². The van der Waals surface area contributed by atoms with E-state index in [2.05, 4.69) is 29.0 Å². The Balaban J connectivity index is 1.93. The van der Waals surface area contributed by atoms with Crippen LogP contribution >= 0.6 is 11.6 Å². The molecule has 3 nitrogen and oxygen atoms in total. The zero-order valence-corrected chi connectivity index (χ0v) is 12.0. The van der Waals surface area contributed by atoms with Gasteiger partial charge in [-0.3, -0.25) is 0 Å². The Bertz CT molecular complexity index is 381. The fourth-order valence-electron chi connectivity index (χ4n) is 2.49. The van der Waals surface area contributed by atoms with E-state index in [9.17, 15) is 0 Å². The summed E-state index contributed by atoms with van der Waals surface area (Å²) in [6.45, 7) is 6.90. The highest BCUT2D eigenvalue weighted by atomic mass is 35.5. The average molecular weight is 268 g/mol. The van der Waals surface area contributed by atoms with Crippen LogP contribution in [-0.2, 0) is 0 Å². The number of rotatable bonds is 3. The van der Waals surface area contributed by atoms with Gasteiger partial charge in [0.2, 0.25) is 0 Å². The molecule has 0 spiro atoms. The predicted octanol–water partition coefficient (Wildman–Crippen LogP) is 3.41. The summed E-state index contributed by atoms with van der Waals surface area (Å²) in [6, 6.07) is 5.08. The lowest BCUT2D eigenvalue weighted by Crippen LogP contribution is -2.32. The lowest BCUT2D eigenvalue weighted by molar-refractivity contribution is 0.230. The first-order chi connectivity index (χ1) is 8.66. The fraction of sp³-hybridized carbons (Fsp3) is 0.643. The Morgan fingerprint density at radius 2 is 2.22 bits per heavy atom. The van der Waals surface area contributed by atoms with Crippen molar-refractivity contribution in [1.29, 1.82) is 0 Å². The number of nitrogens with zero attached hydrogens (tertiary/aromatic N) is 2. The largest absolute Gasteiger partial charge is 0.380 e. The maximum atomic E-state index is 6.08. The molecular formula is C14H22ClN3. The van der Waals surface area contributed by atoms with E-state index in [-0.39, 0.29) is 0 Å². The van der Waals surface area contributed by atoms with Gasteiger partial charge in [-0.25, -0.2) is 4.98 Å². The molecule has 1 unspecified atom stereocenters. The van der Waals surface area contributed by atoms with E-state index in [4.69, 9.17) is 11.6 Å². The van der Waals surface area contributed by atoms with Gasteiger partial charge in [0, 0.05) is 24.8 Å². The molecule has 2 heterocycles. The van der Waals surface area contributed by atoms with E-state index in [1.165, 1.54) is 25.8 Å². The SMILES string of the molecule is CC(C)N1CCCC(Nc2cccnc2Cl)CC1. The summed E-state index contributed by atoms with van der Waals surface area (Å²) in [4.78, 5) is 6.65. The third kappa shape index (κ3) is 3.59. The zero-order valence-electron chi connectivity index (χ0n) is 11.2. The molecule has 1 aromatic heterocycles. The molecule has 1 aliphatic rings. The second-order valence-corrected chi connectivity index (χ2v) is 5.60. The Labute approximate surface area is 115 Å². The number of hydrogen-bond acceptors (Lipinski definition) is 3. The van der Waals surface area contributed by atoms with Crippen molar-refractivity contribution in [2.24, 2.45) is 0 Å². The minimum absolute atomic E-state index is 0.510. The van der Waals surface area contributed by atoms with Gasteiger partial charge in [-0.15, -0.1) is 0 Å². The first-order valence-electron chi connectivity index (χ1n) is 6.78. The standard InChI is InChI=1S/C14H22ClN3/c1-11(2)18-9-4-5-12(7-10-18)17-13-6-3-8-16-14(13)15/h3,6,8,11-12,17H,4-5,7,9-10H2,1-2H3. The Hall–Kier alpha value is -0.800. The number of likely N-dealkylation sites (tertiary alicyclic amines) is 1. The van der Waals surface area contributed by atoms with E-state index < -0.39 is 0 Å². The van der Waals surface area contributed by atoms with Gasteiger partial charge in [-0.2, -0.15) is 0 Å². The molecule has 1 fully saturated rings. The summed E-state index contributed by atoms with van der Waals surface area (Å²) >= 11 is 6.08. The summed E-state index contributed by atoms with van der Waals surface area (Å²) in [7, 11) is 0. The maximum Gasteiger partial charge on any atom is 0.152 e. The molecule has 18 heavy (non-hydrogen) atoms. The van der Waals surface area contributed by atoms with E-state index >= 15 is 0 Å². The Kier molecular flexibility index (Phi) is 4.84. The van der Waals surface area contributed by atoms with E-state index in [1.807, 2.05) is 12.1 Å². The van der Waals surface area contributed by atoms with Crippen LogP contribution in [0, 0.1) is 0 Å². The van der Waals surface area contributed by atoms with Crippen LogP contribution in [0.3, 0.4) is 0 Å². The number of aromatic nitrogens is 1. The van der Waals surface area contributed by atoms with Crippen molar-refractivity contribution in [3.05, 3.63) is 23.5 Å². The van der Waals surface area contributed by atoms with Crippen LogP contribution in [0.2, 0.25) is 5.15 Å². The van der Waals surface area contributed by atoms with Crippen molar-refractivity contribution in [3.8, 4) is 0 Å². The molecule has 0 radical (unpaired) electrons. The number of anilines is 1. The van der Waals surface area contributed by atoms with Crippen LogP contribution in [0.4, 0.5) is 5.69 Å². The van der Waals surface area contributed by atoms with E-state index in [0.717, 1.165) is 12.2 Å². The van der Waals surface area contributed by atoms with E-state index in [0.29, 0.717) is 17.2 Å². The minimum atomic E-state index is 0.510. The third-order valence-corrected chi connectivity index (χ3v) is 3.91. The van der Waals surface area contributed by atoms with Gasteiger partial charge in [0.1, 0.15) is 0 Å². The second kappa shape index (κ2) is 6.39. The summed E-state index contributed by atoms with van der Waals surface area (Å²) in [5.74, 6) is 0. The molecule has 1 aromatic rings. The van der Waals surface area contributed by atoms with E-state index in [1.54, 1.807) is 6.20 Å². The maximum absolute atomic E-state index is 6.08. The van der Waals surface area contributed by atoms with Crippen molar-refractivity contribution in [3.63, 3.8) is 0 Å². The van der Waals surface area contributed by atoms with Gasteiger partial charge < -0.3 is 10.2 Å². The summed E-state index contributed by atoms with van der Waals surface area (Å²) < 4.78 is 0. The zero-order chi connectivity index (χ0) is 13.0. The summed E-state index contributed by atoms with van der Waals surface area (Å²) in [5, 5.41) is 4.10. The van der Waals surface area contributed by atoms with Crippen molar-refractivity contribution in [2.45, 2.75) is 45.2 Å². The second-order valence-electron chi connectivity index (χ2n) is 5.24. The van der Waals surface area contributed by atoms with Gasteiger partial charge in [0.05, 0.1) is 5.69 Å². The Morgan fingerprint density at radius 1 is 1.39 bits per heavy atom. The number of pyridine rings is 1. The molecule has 0 aromatic carbocycles. The molecule has 4 heteroatoms. The molecular weight excluding hydrogens is 246 g/mol. The van der Waals surface area contributed by atoms with Crippen LogP contribution in [0.25, 0.3) is 0 Å². The topological polar surface area (TPSA) is 28.2 Å². The van der Waals surface area contributed by atoms with Crippen LogP contribution in [0.15, 0.2) is 18.3 Å². The smallest absolute Gasteiger partial charge is 0.152 e. The Morgan fingerprint density at radius 3 is 2.94 bits per heavy atom. The average Bonchev–Trinajstić information content (AvgIpc) is 2.58. The van der Waals surface area contributed by atoms with Crippen molar-refractivity contribution in [2.75, 3.05) is 18.4 Å². The quantitative estimate of drug-likeness (QED) is 0.851. The monoisotopic (exact) mass is 267 g/mol. The first kappa shape index (κ1) is 13.6. The highest BCUT2D eigenvalue weighted by Gasteiger charge is 2.19. The van der Waals surface area contributed by atoms with Gasteiger partial charge in [-0.05, 0) is 51.8 Å². The molecule has 2 rings (SSSR count). The van der Waals surface area contributed by atoms with Crippen LogP contribution in [0.1, 0.15) is 33.1 Å². The molecule has 0 saturated carbocycles. The van der Waals surface area contributed by atoms with Crippen molar-refractivity contribution in [1.82, 2.24) is 9.88 Å². The molecule has 1 saturated heterocycles. The predicted molar refractivity (Wildman–Crippen MR) is 77.2 cm³/mol. The normalized spacial score (nSPS) is 21.9. The third-order valence-electron chi connectivity index (χ3n) is 3.61. The minimum Gasteiger partial charge on any atom is -0.380 e. The summed E-state index contributed by atoms with van der Waals surface area (Å²) in [6.07, 6.45) is 5.34. The fourth-order valence-corrected chi connectivity index (χ4v) is 2.67. The molecule has 1 aliphatic heterocycles. The lowest BCUT2D eigenvalue weighted by Gasteiger charge is -2.24. The van der Waals surface area contributed by atoms with Gasteiger partial charge >= 0.3 is 0 Å². The molecule has 0 aliphatic carbocycles.